The summed E-state index contributed by atoms with van der Waals surface area (Å²) in [6.07, 6.45) is 4.31. The van der Waals surface area contributed by atoms with Crippen molar-refractivity contribution in [2.24, 2.45) is 0 Å². The first-order chi connectivity index (χ1) is 10.2. The minimum Gasteiger partial charge on any atom is -0.467 e. The molecule has 0 aliphatic carbocycles. The molecule has 0 saturated carbocycles. The first kappa shape index (κ1) is 14.4. The number of piperidine rings is 1. The van der Waals surface area contributed by atoms with Crippen molar-refractivity contribution in [3.63, 3.8) is 0 Å². The van der Waals surface area contributed by atoms with Crippen LogP contribution in [0.4, 0.5) is 5.69 Å². The monoisotopic (exact) mass is 288 g/mol. The average molecular weight is 288 g/mol. The Hall–Kier alpha value is -1.55. The van der Waals surface area contributed by atoms with Gasteiger partial charge in [-0.1, -0.05) is 24.1 Å². The molecule has 0 aromatic heterocycles. The molecule has 1 aromatic rings. The van der Waals surface area contributed by atoms with E-state index < -0.39 is 5.54 Å². The van der Waals surface area contributed by atoms with Gasteiger partial charge in [0.25, 0.3) is 0 Å². The largest absolute Gasteiger partial charge is 0.467 e. The van der Waals surface area contributed by atoms with Gasteiger partial charge >= 0.3 is 5.97 Å². The Morgan fingerprint density at radius 1 is 1.29 bits per heavy atom. The number of esters is 1. The van der Waals surface area contributed by atoms with E-state index in [0.29, 0.717) is 0 Å². The quantitative estimate of drug-likeness (QED) is 0.868. The second-order valence-electron chi connectivity index (χ2n) is 6.25. The van der Waals surface area contributed by atoms with Gasteiger partial charge in [0, 0.05) is 18.3 Å². The molecule has 2 saturated heterocycles. The standard InChI is InChI=1S/C17H24N2O2/c1-13-6-8-14(9-7-13)18-17(16(20)21-2)10-12-19-11-4-3-5-15(17)19/h6-9,15,18H,3-5,10-12H2,1-2H3. The number of benzene rings is 1. The topological polar surface area (TPSA) is 41.6 Å². The number of hydrogen-bond acceptors (Lipinski definition) is 4. The van der Waals surface area contributed by atoms with Crippen LogP contribution in [0.2, 0.25) is 0 Å². The summed E-state index contributed by atoms with van der Waals surface area (Å²) in [6.45, 7) is 4.13. The molecule has 0 spiro atoms. The molecular weight excluding hydrogens is 264 g/mol. The third-order valence-corrected chi connectivity index (χ3v) is 4.94. The lowest BCUT2D eigenvalue weighted by Gasteiger charge is -2.39. The molecule has 2 aliphatic heterocycles. The van der Waals surface area contributed by atoms with Gasteiger partial charge < -0.3 is 10.1 Å². The highest BCUT2D eigenvalue weighted by molar-refractivity contribution is 5.86. The van der Waals surface area contributed by atoms with Crippen molar-refractivity contribution in [3.05, 3.63) is 29.8 Å². The molecule has 21 heavy (non-hydrogen) atoms. The molecular formula is C17H24N2O2. The van der Waals surface area contributed by atoms with Crippen molar-refractivity contribution >= 4 is 11.7 Å². The first-order valence-corrected chi connectivity index (χ1v) is 7.83. The molecule has 0 amide bonds. The van der Waals surface area contributed by atoms with Crippen molar-refractivity contribution < 1.29 is 9.53 Å². The van der Waals surface area contributed by atoms with Crippen LogP contribution in [-0.4, -0.2) is 42.6 Å². The van der Waals surface area contributed by atoms with E-state index in [-0.39, 0.29) is 12.0 Å². The third-order valence-electron chi connectivity index (χ3n) is 4.94. The maximum atomic E-state index is 12.6. The summed E-state index contributed by atoms with van der Waals surface area (Å²) in [6, 6.07) is 8.48. The van der Waals surface area contributed by atoms with Gasteiger partial charge in [0.05, 0.1) is 7.11 Å². The third kappa shape index (κ3) is 2.53. The van der Waals surface area contributed by atoms with Crippen molar-refractivity contribution in [2.45, 2.75) is 44.2 Å². The number of carbonyl (C=O) groups excluding carboxylic acids is 1. The lowest BCUT2D eigenvalue weighted by atomic mass is 9.85. The number of methoxy groups -OCH3 is 1. The second kappa shape index (κ2) is 5.68. The van der Waals surface area contributed by atoms with Crippen LogP contribution in [0.5, 0.6) is 0 Å². The van der Waals surface area contributed by atoms with Crippen molar-refractivity contribution in [1.82, 2.24) is 4.90 Å². The zero-order chi connectivity index (χ0) is 14.9. The molecule has 2 atom stereocenters. The van der Waals surface area contributed by atoms with Crippen molar-refractivity contribution in [1.29, 1.82) is 0 Å². The minimum atomic E-state index is -0.593. The predicted octanol–water partition coefficient (Wildman–Crippen LogP) is 2.58. The fourth-order valence-electron chi connectivity index (χ4n) is 3.81. The van der Waals surface area contributed by atoms with E-state index in [1.165, 1.54) is 25.5 Å². The molecule has 0 radical (unpaired) electrons. The Morgan fingerprint density at radius 2 is 2.05 bits per heavy atom. The summed E-state index contributed by atoms with van der Waals surface area (Å²) >= 11 is 0. The van der Waals surface area contributed by atoms with E-state index >= 15 is 0 Å². The number of anilines is 1. The normalized spacial score (nSPS) is 29.0. The Kier molecular flexibility index (Phi) is 3.89. The molecule has 2 unspecified atom stereocenters. The van der Waals surface area contributed by atoms with Gasteiger partial charge in [0.15, 0.2) is 5.54 Å². The number of hydrogen-bond donors (Lipinski definition) is 1. The Balaban J connectivity index is 1.90. The van der Waals surface area contributed by atoms with Gasteiger partial charge in [-0.3, -0.25) is 4.90 Å². The summed E-state index contributed by atoms with van der Waals surface area (Å²) in [4.78, 5) is 15.0. The highest BCUT2D eigenvalue weighted by atomic mass is 16.5. The summed E-state index contributed by atoms with van der Waals surface area (Å²) in [5.41, 5.74) is 1.63. The average Bonchev–Trinajstić information content (AvgIpc) is 2.89. The summed E-state index contributed by atoms with van der Waals surface area (Å²) in [5.74, 6) is -0.127. The number of fused-ring (bicyclic) bond motifs is 1. The van der Waals surface area contributed by atoms with Gasteiger partial charge in [0.2, 0.25) is 0 Å². The highest BCUT2D eigenvalue weighted by Gasteiger charge is 2.54. The molecule has 4 heteroatoms. The minimum absolute atomic E-state index is 0.127. The fraction of sp³-hybridized carbons (Fsp3) is 0.588. The number of nitrogens with one attached hydrogen (secondary N) is 1. The number of nitrogens with zero attached hydrogens (tertiary/aromatic N) is 1. The molecule has 2 fully saturated rings. The lowest BCUT2D eigenvalue weighted by Crippen LogP contribution is -2.57. The molecule has 114 valence electrons. The second-order valence-corrected chi connectivity index (χ2v) is 6.25. The maximum Gasteiger partial charge on any atom is 0.333 e. The van der Waals surface area contributed by atoms with Crippen LogP contribution in [-0.2, 0) is 9.53 Å². The zero-order valence-corrected chi connectivity index (χ0v) is 12.9. The predicted molar refractivity (Wildman–Crippen MR) is 83.4 cm³/mol. The SMILES string of the molecule is COC(=O)C1(Nc2ccc(C)cc2)CCN2CCCCC21. The van der Waals surface area contributed by atoms with E-state index in [9.17, 15) is 4.79 Å². The first-order valence-electron chi connectivity index (χ1n) is 7.83. The van der Waals surface area contributed by atoms with Gasteiger partial charge in [-0.05, 0) is 44.9 Å². The molecule has 1 aromatic carbocycles. The van der Waals surface area contributed by atoms with E-state index in [0.717, 1.165) is 31.6 Å². The molecule has 2 heterocycles. The van der Waals surface area contributed by atoms with Crippen LogP contribution in [0, 0.1) is 6.92 Å². The molecule has 1 N–H and O–H groups in total. The Labute approximate surface area is 126 Å². The molecule has 2 aliphatic rings. The van der Waals surface area contributed by atoms with Crippen molar-refractivity contribution in [3.8, 4) is 0 Å². The molecule has 4 nitrogen and oxygen atoms in total. The maximum absolute atomic E-state index is 12.6. The fourth-order valence-corrected chi connectivity index (χ4v) is 3.81. The number of aryl methyl sites for hydroxylation is 1. The summed E-state index contributed by atoms with van der Waals surface area (Å²) in [5, 5.41) is 3.52. The zero-order valence-electron chi connectivity index (χ0n) is 12.9. The van der Waals surface area contributed by atoms with E-state index in [2.05, 4.69) is 29.3 Å². The van der Waals surface area contributed by atoms with E-state index in [1.54, 1.807) is 0 Å². The highest BCUT2D eigenvalue weighted by Crippen LogP contribution is 2.38. The van der Waals surface area contributed by atoms with Crippen molar-refractivity contribution in [2.75, 3.05) is 25.5 Å². The van der Waals surface area contributed by atoms with Gasteiger partial charge in [0.1, 0.15) is 0 Å². The lowest BCUT2D eigenvalue weighted by molar-refractivity contribution is -0.147. The van der Waals surface area contributed by atoms with Gasteiger partial charge in [-0.2, -0.15) is 0 Å². The number of ether oxygens (including phenoxy) is 1. The van der Waals surface area contributed by atoms with Gasteiger partial charge in [-0.25, -0.2) is 4.79 Å². The van der Waals surface area contributed by atoms with Crippen LogP contribution in [0.3, 0.4) is 0 Å². The smallest absolute Gasteiger partial charge is 0.333 e. The van der Waals surface area contributed by atoms with Crippen LogP contribution in [0.25, 0.3) is 0 Å². The van der Waals surface area contributed by atoms with Crippen LogP contribution in [0.15, 0.2) is 24.3 Å². The van der Waals surface area contributed by atoms with E-state index in [4.69, 9.17) is 4.74 Å². The van der Waals surface area contributed by atoms with Crippen LogP contribution >= 0.6 is 0 Å². The van der Waals surface area contributed by atoms with Crippen LogP contribution < -0.4 is 5.32 Å². The summed E-state index contributed by atoms with van der Waals surface area (Å²) in [7, 11) is 1.49. The molecule has 3 rings (SSSR count). The van der Waals surface area contributed by atoms with Crippen LogP contribution in [0.1, 0.15) is 31.2 Å². The molecule has 0 bridgehead atoms. The number of carbonyl (C=O) groups is 1. The van der Waals surface area contributed by atoms with Gasteiger partial charge in [-0.15, -0.1) is 0 Å². The summed E-state index contributed by atoms with van der Waals surface area (Å²) < 4.78 is 5.15. The van der Waals surface area contributed by atoms with E-state index in [1.807, 2.05) is 12.1 Å². The Bertz CT molecular complexity index is 514. The number of rotatable bonds is 3. The Morgan fingerprint density at radius 3 is 2.76 bits per heavy atom.